The maximum Gasteiger partial charge on any atom is 0.308 e. The summed E-state index contributed by atoms with van der Waals surface area (Å²) in [5.41, 5.74) is 13.1. The Kier molecular flexibility index (Phi) is 27.8. The third kappa shape index (κ3) is 20.5. The summed E-state index contributed by atoms with van der Waals surface area (Å²) in [7, 11) is 1.94. The molecule has 4 N–H and O–H groups in total. The molecule has 0 bridgehead atoms. The Morgan fingerprint density at radius 3 is 1.46 bits per heavy atom. The zero-order chi connectivity index (χ0) is 44.5. The third-order valence-corrected chi connectivity index (χ3v) is 13.3. The van der Waals surface area contributed by atoms with Crippen molar-refractivity contribution in [3.63, 3.8) is 0 Å². The summed E-state index contributed by atoms with van der Waals surface area (Å²) in [6, 6.07) is 6.57. The van der Waals surface area contributed by atoms with E-state index in [0.717, 1.165) is 95.5 Å². The van der Waals surface area contributed by atoms with Crippen molar-refractivity contribution in [2.24, 2.45) is 58.2 Å². The highest BCUT2D eigenvalue weighted by Gasteiger charge is 2.31. The minimum atomic E-state index is -3.74. The molecule has 0 heterocycles. The normalized spacial score (nSPS) is 25.8. The summed E-state index contributed by atoms with van der Waals surface area (Å²) in [5, 5.41) is 12.6. The van der Waals surface area contributed by atoms with Gasteiger partial charge in [-0.25, -0.2) is 0 Å². The topological polar surface area (TPSA) is 245 Å². The molecule has 4 saturated carbocycles. The molecular formula is C43H72ClN4O12S+. The lowest BCUT2D eigenvalue weighted by Gasteiger charge is -2.26. The molecule has 1 aromatic carbocycles. The molecule has 0 amide bonds. The fraction of sp³-hybridized carbons (Fsp3) is 0.767. The molecule has 0 radical (unpaired) electrons. The Balaban J connectivity index is 0.000000420. The monoisotopic (exact) mass is 903 g/mol. The molecule has 0 aromatic heterocycles. The number of rotatable bonds is 12. The minimum Gasteiger partial charge on any atom is -0.469 e. The molecule has 61 heavy (non-hydrogen) atoms. The van der Waals surface area contributed by atoms with Gasteiger partial charge in [-0.1, -0.05) is 43.4 Å². The van der Waals surface area contributed by atoms with Crippen molar-refractivity contribution in [2.45, 2.75) is 115 Å². The van der Waals surface area contributed by atoms with Crippen LogP contribution in [-0.4, -0.2) is 92.1 Å². The Labute approximate surface area is 368 Å². The number of hydrogen-bond donors (Lipinski definition) is 3. The molecule has 16 nitrogen and oxygen atoms in total. The van der Waals surface area contributed by atoms with E-state index in [0.29, 0.717) is 37.3 Å². The Morgan fingerprint density at radius 2 is 1.05 bits per heavy atom. The number of ether oxygens (including phenoxy) is 4. The zero-order valence-corrected chi connectivity index (χ0v) is 38.4. The highest BCUT2D eigenvalue weighted by molar-refractivity contribution is 7.86. The molecule has 0 aliphatic heterocycles. The summed E-state index contributed by atoms with van der Waals surface area (Å²) < 4.78 is 48.3. The van der Waals surface area contributed by atoms with Crippen LogP contribution in [0.5, 0.6) is 0 Å². The molecule has 4 aliphatic carbocycles. The highest BCUT2D eigenvalue weighted by atomic mass is 35.5. The van der Waals surface area contributed by atoms with Crippen molar-refractivity contribution in [1.29, 1.82) is 5.53 Å². The SMILES string of the molecule is COC(=O)[C@H]1CCC[C@@H](CN)C1.COC(=O)[C@H]1CCC[C@@H](CN=[N+]=N)C1.COC(=O)[C@H]1CCC[C@@H](CO)C1.COC(=O)[C@H]1CCC[C@@H](COS(=O)(=O)c2ccc(C)cc2)C1.Cl. The van der Waals surface area contributed by atoms with Gasteiger partial charge in [0.2, 0.25) is 4.91 Å². The number of carbonyl (C=O) groups is 4. The number of benzene rings is 1. The number of hydrogen-bond acceptors (Lipinski definition) is 15. The summed E-state index contributed by atoms with van der Waals surface area (Å²) >= 11 is 0. The number of aliphatic hydroxyl groups excluding tert-OH is 1. The second-order valence-electron chi connectivity index (χ2n) is 16.4. The summed E-state index contributed by atoms with van der Waals surface area (Å²) in [6.45, 7) is 3.48. The van der Waals surface area contributed by atoms with Gasteiger partial charge in [0.25, 0.3) is 10.1 Å². The molecule has 5 rings (SSSR count). The van der Waals surface area contributed by atoms with Gasteiger partial charge in [0.15, 0.2) is 0 Å². The standard InChI is InChI=1S/C16H22O5S.C9H16N3O2.C9H17NO2.C9H16O3.ClH/c1-12-6-8-15(9-7-12)22(18,19)21-11-13-4-3-5-14(10-13)16(17)20-2;1-14-9(13)8-4-2-3-7(5-8)6-11-12-10;2*1-12-9(11)8-4-2-3-7(5-8)6-10;/h6-9,13-14H,3-5,10-11H2,1-2H3;7-8,10H,2-6H2,1H3;7-8H,2-6,10H2,1H3;7-8,10H,2-6H2,1H3;1H/q;+1;;;/t13-,14+;3*7-,8+;/m1111./s1. The summed E-state index contributed by atoms with van der Waals surface area (Å²) in [5.74, 6) is 0.808. The quantitative estimate of drug-likeness (QED) is 0.0668. The number of esters is 4. The van der Waals surface area contributed by atoms with E-state index in [-0.39, 0.29) is 84.0 Å². The van der Waals surface area contributed by atoms with E-state index >= 15 is 0 Å². The van der Waals surface area contributed by atoms with E-state index in [9.17, 15) is 27.6 Å². The van der Waals surface area contributed by atoms with Gasteiger partial charge in [-0.05, 0) is 126 Å². The van der Waals surface area contributed by atoms with Crippen LogP contribution in [0.3, 0.4) is 0 Å². The van der Waals surface area contributed by atoms with Crippen molar-refractivity contribution in [3.8, 4) is 0 Å². The lowest BCUT2D eigenvalue weighted by molar-refractivity contribution is -0.148. The molecule has 0 spiro atoms. The predicted molar refractivity (Wildman–Crippen MR) is 230 cm³/mol. The van der Waals surface area contributed by atoms with Gasteiger partial charge in [0, 0.05) is 6.61 Å². The van der Waals surface area contributed by atoms with Crippen LogP contribution in [-0.2, 0) is 52.4 Å². The predicted octanol–water partition coefficient (Wildman–Crippen LogP) is 6.50. The number of aliphatic hydroxyl groups is 1. The second-order valence-corrected chi connectivity index (χ2v) is 18.0. The maximum atomic E-state index is 12.1. The smallest absolute Gasteiger partial charge is 0.308 e. The van der Waals surface area contributed by atoms with Gasteiger partial charge in [0.05, 0.1) is 63.6 Å². The number of halogens is 1. The van der Waals surface area contributed by atoms with Crippen LogP contribution >= 0.6 is 12.4 Å². The Morgan fingerprint density at radius 1 is 0.672 bits per heavy atom. The second kappa shape index (κ2) is 30.6. The van der Waals surface area contributed by atoms with Crippen LogP contribution in [0.4, 0.5) is 0 Å². The fourth-order valence-electron chi connectivity index (χ4n) is 8.50. The van der Waals surface area contributed by atoms with Gasteiger partial charge in [-0.15, -0.1) is 12.4 Å². The number of nitrogens with one attached hydrogen (secondary N) is 1. The molecule has 18 heteroatoms. The van der Waals surface area contributed by atoms with Gasteiger partial charge >= 0.3 is 23.9 Å². The van der Waals surface area contributed by atoms with Crippen molar-refractivity contribution in [2.75, 3.05) is 54.7 Å². The number of nitrogens with zero attached hydrogens (tertiary/aromatic N) is 2. The lowest BCUT2D eigenvalue weighted by Crippen LogP contribution is -2.27. The number of nitrogens with two attached hydrogens (primary N) is 1. The van der Waals surface area contributed by atoms with Crippen molar-refractivity contribution in [3.05, 3.63) is 29.8 Å². The largest absolute Gasteiger partial charge is 0.469 e. The molecule has 348 valence electrons. The lowest BCUT2D eigenvalue weighted by atomic mass is 9.81. The van der Waals surface area contributed by atoms with Crippen LogP contribution in [0.1, 0.15) is 108 Å². The van der Waals surface area contributed by atoms with Gasteiger partial charge in [-0.3, -0.25) is 23.4 Å². The van der Waals surface area contributed by atoms with Gasteiger partial charge in [-0.2, -0.15) is 8.42 Å². The Bertz CT molecular complexity index is 1580. The molecule has 0 unspecified atom stereocenters. The maximum absolute atomic E-state index is 12.1. The molecule has 4 aliphatic rings. The molecule has 1 aromatic rings. The van der Waals surface area contributed by atoms with Crippen LogP contribution in [0.25, 0.3) is 0 Å². The van der Waals surface area contributed by atoms with Crippen LogP contribution < -0.4 is 10.6 Å². The average Bonchev–Trinajstić information content (AvgIpc) is 3.30. The number of methoxy groups -OCH3 is 4. The fourth-order valence-corrected chi connectivity index (χ4v) is 9.48. The third-order valence-electron chi connectivity index (χ3n) is 12.0. The number of carbonyl (C=O) groups excluding carboxylic acids is 4. The number of aryl methyl sites for hydroxylation is 1. The van der Waals surface area contributed by atoms with Crippen LogP contribution in [0.2, 0.25) is 0 Å². The van der Waals surface area contributed by atoms with E-state index in [1.54, 1.807) is 24.3 Å². The van der Waals surface area contributed by atoms with E-state index in [1.807, 2.05) is 6.92 Å². The molecular weight excluding hydrogens is 832 g/mol. The summed E-state index contributed by atoms with van der Waals surface area (Å²) in [6.07, 6.45) is 15.0. The molecule has 8 atom stereocenters. The van der Waals surface area contributed by atoms with E-state index in [4.69, 9.17) is 34.8 Å². The Hall–Kier alpha value is -3.47. The first kappa shape index (κ1) is 55.5. The van der Waals surface area contributed by atoms with Crippen LogP contribution in [0, 0.1) is 59.8 Å². The minimum absolute atomic E-state index is 0. The van der Waals surface area contributed by atoms with E-state index < -0.39 is 10.1 Å². The average molecular weight is 905 g/mol. The zero-order valence-electron chi connectivity index (χ0n) is 36.8. The van der Waals surface area contributed by atoms with E-state index in [1.165, 1.54) is 34.9 Å². The van der Waals surface area contributed by atoms with Crippen molar-refractivity contribution in [1.82, 2.24) is 4.91 Å². The first-order valence-electron chi connectivity index (χ1n) is 21.4. The van der Waals surface area contributed by atoms with Crippen molar-refractivity contribution < 1.29 is 55.8 Å². The highest BCUT2D eigenvalue weighted by Crippen LogP contribution is 2.32. The van der Waals surface area contributed by atoms with Crippen LogP contribution in [0.15, 0.2) is 34.3 Å². The van der Waals surface area contributed by atoms with E-state index in [2.05, 4.69) is 14.8 Å². The van der Waals surface area contributed by atoms with Crippen molar-refractivity contribution >= 4 is 46.4 Å². The first-order valence-corrected chi connectivity index (χ1v) is 22.8. The van der Waals surface area contributed by atoms with Gasteiger partial charge in [0.1, 0.15) is 17.2 Å². The first-order chi connectivity index (χ1) is 28.7. The summed E-state index contributed by atoms with van der Waals surface area (Å²) in [4.78, 5) is 48.3. The molecule has 4 fully saturated rings. The molecule has 0 saturated heterocycles. The van der Waals surface area contributed by atoms with Gasteiger partial charge < -0.3 is 29.8 Å².